The molecule has 0 saturated carbocycles. The Hall–Kier alpha value is -0.880. The summed E-state index contributed by atoms with van der Waals surface area (Å²) in [6, 6.07) is 7.16. The number of non-ortho nitro benzene ring substituents is 1. The third-order valence-corrected chi connectivity index (χ3v) is 3.26. The highest BCUT2D eigenvalue weighted by Crippen LogP contribution is 2.23. The van der Waals surface area contributed by atoms with Crippen molar-refractivity contribution < 1.29 is 4.92 Å². The minimum atomic E-state index is -0.339. The molecule has 1 unspecified atom stereocenters. The number of hydrogen-bond acceptors (Lipinski definition) is 4. The summed E-state index contributed by atoms with van der Waals surface area (Å²) in [6.45, 7) is 6.05. The molecule has 7 heteroatoms. The first-order chi connectivity index (χ1) is 8.18. The Morgan fingerprint density at radius 1 is 1.32 bits per heavy atom. The van der Waals surface area contributed by atoms with E-state index in [1.165, 1.54) is 6.07 Å². The fourth-order valence-corrected chi connectivity index (χ4v) is 2.18. The molecule has 1 aliphatic rings. The molecule has 5 nitrogen and oxygen atoms in total. The van der Waals surface area contributed by atoms with Crippen LogP contribution in [0.4, 0.5) is 5.69 Å². The lowest BCUT2D eigenvalue weighted by atomic mass is 10.1. The molecule has 0 radical (unpaired) electrons. The largest absolute Gasteiger partial charge is 0.314 e. The highest BCUT2D eigenvalue weighted by Gasteiger charge is 2.19. The van der Waals surface area contributed by atoms with Crippen LogP contribution in [0, 0.1) is 10.1 Å². The van der Waals surface area contributed by atoms with Crippen LogP contribution >= 0.6 is 24.8 Å². The fraction of sp³-hybridized carbons (Fsp3) is 0.500. The van der Waals surface area contributed by atoms with Crippen LogP contribution in [0.5, 0.6) is 0 Å². The van der Waals surface area contributed by atoms with Crippen LogP contribution in [-0.2, 0) is 0 Å². The van der Waals surface area contributed by atoms with E-state index >= 15 is 0 Å². The second-order valence-corrected chi connectivity index (χ2v) is 4.31. The van der Waals surface area contributed by atoms with Gasteiger partial charge in [-0.1, -0.05) is 12.1 Å². The van der Waals surface area contributed by atoms with Gasteiger partial charge < -0.3 is 5.32 Å². The monoisotopic (exact) mass is 307 g/mol. The standard InChI is InChI=1S/C12H17N3O2.2ClH/c1-10(14-7-5-13-6-8-14)11-3-2-4-12(9-11)15(16)17;;/h2-4,9-10,13H,5-8H2,1H3;2*1H. The van der Waals surface area contributed by atoms with Crippen molar-refractivity contribution in [3.05, 3.63) is 39.9 Å². The van der Waals surface area contributed by atoms with Crippen molar-refractivity contribution in [3.63, 3.8) is 0 Å². The Kier molecular flexibility index (Phi) is 7.94. The predicted octanol–water partition coefficient (Wildman–Crippen LogP) is 2.40. The summed E-state index contributed by atoms with van der Waals surface area (Å²) in [7, 11) is 0. The predicted molar refractivity (Wildman–Crippen MR) is 80.5 cm³/mol. The lowest BCUT2D eigenvalue weighted by molar-refractivity contribution is -0.384. The first kappa shape index (κ1) is 18.1. The second kappa shape index (κ2) is 8.32. The van der Waals surface area contributed by atoms with Gasteiger partial charge in [-0.2, -0.15) is 0 Å². The molecular formula is C12H19Cl2N3O2. The van der Waals surface area contributed by atoms with Crippen LogP contribution in [0.2, 0.25) is 0 Å². The minimum absolute atomic E-state index is 0. The number of halogens is 2. The van der Waals surface area contributed by atoms with Gasteiger partial charge in [0.1, 0.15) is 0 Å². The Balaban J connectivity index is 0.00000162. The maximum Gasteiger partial charge on any atom is 0.269 e. The fourth-order valence-electron chi connectivity index (χ4n) is 2.18. The molecule has 0 aromatic heterocycles. The van der Waals surface area contributed by atoms with Gasteiger partial charge in [-0.05, 0) is 12.5 Å². The highest BCUT2D eigenvalue weighted by molar-refractivity contribution is 5.85. The number of nitro benzene ring substituents is 1. The number of nitrogens with one attached hydrogen (secondary N) is 1. The van der Waals surface area contributed by atoms with Crippen LogP contribution in [0.3, 0.4) is 0 Å². The molecule has 19 heavy (non-hydrogen) atoms. The molecule has 0 amide bonds. The first-order valence-electron chi connectivity index (χ1n) is 5.87. The molecule has 108 valence electrons. The van der Waals surface area contributed by atoms with Crippen molar-refractivity contribution in [2.24, 2.45) is 0 Å². The average Bonchev–Trinajstić information content (AvgIpc) is 2.39. The zero-order chi connectivity index (χ0) is 12.3. The van der Waals surface area contributed by atoms with E-state index in [0.29, 0.717) is 0 Å². The molecular weight excluding hydrogens is 289 g/mol. The number of nitrogens with zero attached hydrogens (tertiary/aromatic N) is 2. The number of nitro groups is 1. The highest BCUT2D eigenvalue weighted by atomic mass is 35.5. The first-order valence-corrected chi connectivity index (χ1v) is 5.87. The molecule has 0 aliphatic carbocycles. The maximum absolute atomic E-state index is 10.7. The van der Waals surface area contributed by atoms with Crippen molar-refractivity contribution in [2.75, 3.05) is 26.2 Å². The average molecular weight is 308 g/mol. The van der Waals surface area contributed by atoms with Gasteiger partial charge in [0, 0.05) is 44.4 Å². The van der Waals surface area contributed by atoms with Crippen LogP contribution < -0.4 is 5.32 Å². The van der Waals surface area contributed by atoms with Crippen LogP contribution in [-0.4, -0.2) is 36.0 Å². The van der Waals surface area contributed by atoms with Gasteiger partial charge in [0.05, 0.1) is 4.92 Å². The van der Waals surface area contributed by atoms with Gasteiger partial charge >= 0.3 is 0 Å². The summed E-state index contributed by atoms with van der Waals surface area (Å²) >= 11 is 0. The van der Waals surface area contributed by atoms with E-state index in [-0.39, 0.29) is 41.5 Å². The Morgan fingerprint density at radius 2 is 1.95 bits per heavy atom. The van der Waals surface area contributed by atoms with Crippen LogP contribution in [0.25, 0.3) is 0 Å². The van der Waals surface area contributed by atoms with E-state index in [9.17, 15) is 10.1 Å². The van der Waals surface area contributed by atoms with E-state index in [4.69, 9.17) is 0 Å². The van der Waals surface area contributed by atoms with Crippen molar-refractivity contribution in [1.29, 1.82) is 0 Å². The van der Waals surface area contributed by atoms with E-state index in [1.54, 1.807) is 12.1 Å². The summed E-state index contributed by atoms with van der Waals surface area (Å²) < 4.78 is 0. The molecule has 0 bridgehead atoms. The second-order valence-electron chi connectivity index (χ2n) is 4.31. The normalized spacial score (nSPS) is 16.9. The molecule has 2 rings (SSSR count). The van der Waals surface area contributed by atoms with Crippen molar-refractivity contribution in [2.45, 2.75) is 13.0 Å². The van der Waals surface area contributed by atoms with E-state index in [2.05, 4.69) is 17.1 Å². The summed E-state index contributed by atoms with van der Waals surface area (Å²) in [4.78, 5) is 12.7. The zero-order valence-electron chi connectivity index (χ0n) is 10.7. The van der Waals surface area contributed by atoms with Crippen molar-refractivity contribution in [3.8, 4) is 0 Å². The third kappa shape index (κ3) is 4.62. The molecule has 1 N–H and O–H groups in total. The zero-order valence-corrected chi connectivity index (χ0v) is 12.4. The Labute approximate surface area is 125 Å². The molecule has 1 aromatic rings. The van der Waals surface area contributed by atoms with Gasteiger partial charge in [-0.15, -0.1) is 24.8 Å². The lowest BCUT2D eigenvalue weighted by Gasteiger charge is -2.32. The SMILES string of the molecule is CC(c1cccc([N+](=O)[O-])c1)N1CCNCC1.Cl.Cl. The van der Waals surface area contributed by atoms with Gasteiger partial charge in [-0.25, -0.2) is 0 Å². The number of piperazine rings is 1. The van der Waals surface area contributed by atoms with Gasteiger partial charge in [0.25, 0.3) is 5.69 Å². The molecule has 1 aliphatic heterocycles. The quantitative estimate of drug-likeness (QED) is 0.688. The Bertz CT molecular complexity index is 412. The lowest BCUT2D eigenvalue weighted by Crippen LogP contribution is -2.44. The number of hydrogen-bond donors (Lipinski definition) is 1. The Morgan fingerprint density at radius 3 is 2.53 bits per heavy atom. The minimum Gasteiger partial charge on any atom is -0.314 e. The van der Waals surface area contributed by atoms with Crippen molar-refractivity contribution >= 4 is 30.5 Å². The number of benzene rings is 1. The van der Waals surface area contributed by atoms with Gasteiger partial charge in [0.15, 0.2) is 0 Å². The molecule has 1 atom stereocenters. The molecule has 0 spiro atoms. The van der Waals surface area contributed by atoms with E-state index in [0.717, 1.165) is 31.7 Å². The van der Waals surface area contributed by atoms with E-state index in [1.807, 2.05) is 6.07 Å². The third-order valence-electron chi connectivity index (χ3n) is 3.26. The number of rotatable bonds is 3. The van der Waals surface area contributed by atoms with Crippen molar-refractivity contribution in [1.82, 2.24) is 10.2 Å². The van der Waals surface area contributed by atoms with Crippen LogP contribution in [0.15, 0.2) is 24.3 Å². The topological polar surface area (TPSA) is 58.4 Å². The molecule has 1 aromatic carbocycles. The molecule has 1 heterocycles. The molecule has 1 saturated heterocycles. The maximum atomic E-state index is 10.7. The summed E-state index contributed by atoms with van der Waals surface area (Å²) in [6.07, 6.45) is 0. The van der Waals surface area contributed by atoms with Gasteiger partial charge in [-0.3, -0.25) is 15.0 Å². The summed E-state index contributed by atoms with van der Waals surface area (Å²) in [5.74, 6) is 0. The van der Waals surface area contributed by atoms with Crippen LogP contribution in [0.1, 0.15) is 18.5 Å². The summed E-state index contributed by atoms with van der Waals surface area (Å²) in [5.41, 5.74) is 1.19. The summed E-state index contributed by atoms with van der Waals surface area (Å²) in [5, 5.41) is 14.0. The van der Waals surface area contributed by atoms with E-state index < -0.39 is 0 Å². The molecule has 1 fully saturated rings. The van der Waals surface area contributed by atoms with Gasteiger partial charge in [0.2, 0.25) is 0 Å². The smallest absolute Gasteiger partial charge is 0.269 e.